The molecule has 0 fully saturated rings. The molecule has 4 nitrogen and oxygen atoms in total. The zero-order chi connectivity index (χ0) is 15.6. The quantitative estimate of drug-likeness (QED) is 0.623. The molecule has 0 aliphatic rings. The fourth-order valence-corrected chi connectivity index (χ4v) is 3.07. The van der Waals surface area contributed by atoms with Gasteiger partial charge in [-0.15, -0.1) is 0 Å². The highest BCUT2D eigenvalue weighted by molar-refractivity contribution is 7.87. The van der Waals surface area contributed by atoms with Gasteiger partial charge in [-0.1, -0.05) is 40.9 Å². The Morgan fingerprint density at radius 1 is 1.05 bits per heavy atom. The second-order valence-electron chi connectivity index (χ2n) is 4.27. The van der Waals surface area contributed by atoms with Crippen LogP contribution in [0.25, 0.3) is 0 Å². The van der Waals surface area contributed by atoms with Gasteiger partial charge in [0.15, 0.2) is 6.29 Å². The summed E-state index contributed by atoms with van der Waals surface area (Å²) in [5.41, 5.74) is 1.01. The molecule has 2 aromatic carbocycles. The summed E-state index contributed by atoms with van der Waals surface area (Å²) in [6.45, 7) is 1.84. The van der Waals surface area contributed by atoms with Crippen LogP contribution < -0.4 is 4.18 Å². The lowest BCUT2D eigenvalue weighted by atomic mass is 10.2. The summed E-state index contributed by atoms with van der Waals surface area (Å²) in [5, 5.41) is 0.0400. The second-order valence-corrected chi connectivity index (χ2v) is 6.63. The fourth-order valence-electron chi connectivity index (χ4n) is 1.60. The van der Waals surface area contributed by atoms with Gasteiger partial charge in [0, 0.05) is 12.1 Å². The molecule has 0 saturated heterocycles. The molecule has 7 heteroatoms. The third-order valence-electron chi connectivity index (χ3n) is 2.69. The minimum Gasteiger partial charge on any atom is -0.379 e. The van der Waals surface area contributed by atoms with Crippen LogP contribution in [0.2, 0.25) is 10.0 Å². The molecule has 0 radical (unpaired) electrons. The molecule has 2 rings (SSSR count). The van der Waals surface area contributed by atoms with Crippen molar-refractivity contribution >= 4 is 39.6 Å². The number of carbonyl (C=O) groups is 1. The summed E-state index contributed by atoms with van der Waals surface area (Å²) in [6, 6.07) is 8.64. The van der Waals surface area contributed by atoms with Crippen LogP contribution >= 0.6 is 23.2 Å². The van der Waals surface area contributed by atoms with Crippen LogP contribution in [0.3, 0.4) is 0 Å². The van der Waals surface area contributed by atoms with Crippen LogP contribution in [0, 0.1) is 6.92 Å². The predicted molar refractivity (Wildman–Crippen MR) is 80.8 cm³/mol. The summed E-state index contributed by atoms with van der Waals surface area (Å²) < 4.78 is 29.2. The van der Waals surface area contributed by atoms with E-state index in [-0.39, 0.29) is 26.3 Å². The maximum atomic E-state index is 12.1. The highest BCUT2D eigenvalue weighted by Crippen LogP contribution is 2.30. The van der Waals surface area contributed by atoms with Gasteiger partial charge in [0.25, 0.3) is 0 Å². The Labute approximate surface area is 132 Å². The van der Waals surface area contributed by atoms with Crippen LogP contribution in [0.1, 0.15) is 15.9 Å². The van der Waals surface area contributed by atoms with Crippen LogP contribution in [0.15, 0.2) is 41.3 Å². The van der Waals surface area contributed by atoms with E-state index in [4.69, 9.17) is 27.4 Å². The van der Waals surface area contributed by atoms with E-state index < -0.39 is 10.1 Å². The van der Waals surface area contributed by atoms with Gasteiger partial charge in [0.1, 0.15) is 10.6 Å². The van der Waals surface area contributed by atoms with E-state index >= 15 is 0 Å². The Morgan fingerprint density at radius 2 is 1.57 bits per heavy atom. The minimum absolute atomic E-state index is 0.0137. The summed E-state index contributed by atoms with van der Waals surface area (Å²) in [4.78, 5) is 10.8. The summed E-state index contributed by atoms with van der Waals surface area (Å²) >= 11 is 11.7. The van der Waals surface area contributed by atoms with E-state index in [1.807, 2.05) is 6.92 Å². The van der Waals surface area contributed by atoms with E-state index in [0.29, 0.717) is 6.29 Å². The van der Waals surface area contributed by atoms with Gasteiger partial charge >= 0.3 is 10.1 Å². The molecule has 0 spiro atoms. The average Bonchev–Trinajstić information content (AvgIpc) is 2.38. The zero-order valence-corrected chi connectivity index (χ0v) is 13.2. The van der Waals surface area contributed by atoms with Crippen LogP contribution in [0.4, 0.5) is 0 Å². The smallest absolute Gasteiger partial charge is 0.339 e. The molecular formula is C14H10Cl2O4S. The standard InChI is InChI=1S/C14H10Cl2O4S/c1-9-2-4-11(5-3-9)21(18,19)20-10-6-13(15)12(8-17)14(16)7-10/h2-8H,1H3. The molecule has 2 aromatic rings. The van der Waals surface area contributed by atoms with Gasteiger partial charge in [0.05, 0.1) is 15.6 Å². The molecule has 0 aromatic heterocycles. The Morgan fingerprint density at radius 3 is 2.05 bits per heavy atom. The van der Waals surface area contributed by atoms with Crippen molar-refractivity contribution in [3.8, 4) is 5.75 Å². The minimum atomic E-state index is -3.99. The Hall–Kier alpha value is -1.56. The number of benzene rings is 2. The SMILES string of the molecule is Cc1ccc(S(=O)(=O)Oc2cc(Cl)c(C=O)c(Cl)c2)cc1. The van der Waals surface area contributed by atoms with Crippen molar-refractivity contribution in [3.05, 3.63) is 57.6 Å². The molecular weight excluding hydrogens is 335 g/mol. The van der Waals surface area contributed by atoms with Gasteiger partial charge in [-0.25, -0.2) is 0 Å². The molecule has 110 valence electrons. The van der Waals surface area contributed by atoms with Crippen LogP contribution in [0.5, 0.6) is 5.75 Å². The van der Waals surface area contributed by atoms with Crippen molar-refractivity contribution in [3.63, 3.8) is 0 Å². The monoisotopic (exact) mass is 344 g/mol. The Bertz CT molecular complexity index is 760. The molecule has 0 bridgehead atoms. The highest BCUT2D eigenvalue weighted by atomic mass is 35.5. The van der Waals surface area contributed by atoms with E-state index in [0.717, 1.165) is 5.56 Å². The Balaban J connectivity index is 2.37. The lowest BCUT2D eigenvalue weighted by Crippen LogP contribution is -2.09. The number of aldehydes is 1. The first-order valence-electron chi connectivity index (χ1n) is 5.79. The first-order chi connectivity index (χ1) is 9.83. The zero-order valence-electron chi connectivity index (χ0n) is 10.8. The first kappa shape index (κ1) is 15.8. The maximum Gasteiger partial charge on any atom is 0.339 e. The normalized spacial score (nSPS) is 11.2. The van der Waals surface area contributed by atoms with Gasteiger partial charge in [-0.2, -0.15) is 8.42 Å². The molecule has 0 saturated carbocycles. The summed E-state index contributed by atoms with van der Waals surface area (Å²) in [5.74, 6) is -0.0591. The van der Waals surface area contributed by atoms with Gasteiger partial charge < -0.3 is 4.18 Å². The number of rotatable bonds is 4. The summed E-state index contributed by atoms with van der Waals surface area (Å²) in [7, 11) is -3.99. The molecule has 0 unspecified atom stereocenters. The van der Waals surface area contributed by atoms with E-state index in [1.165, 1.54) is 24.3 Å². The molecule has 21 heavy (non-hydrogen) atoms. The predicted octanol–water partition coefficient (Wildman–Crippen LogP) is 3.88. The number of hydrogen-bond acceptors (Lipinski definition) is 4. The average molecular weight is 345 g/mol. The fraction of sp³-hybridized carbons (Fsp3) is 0.0714. The molecule has 0 N–H and O–H groups in total. The lowest BCUT2D eigenvalue weighted by Gasteiger charge is -2.09. The number of carbonyl (C=O) groups excluding carboxylic acids is 1. The highest BCUT2D eigenvalue weighted by Gasteiger charge is 2.18. The van der Waals surface area contributed by atoms with Gasteiger partial charge in [-0.05, 0) is 19.1 Å². The van der Waals surface area contributed by atoms with Crippen molar-refractivity contribution in [2.75, 3.05) is 0 Å². The number of halogens is 2. The van der Waals surface area contributed by atoms with Crippen molar-refractivity contribution in [2.24, 2.45) is 0 Å². The van der Waals surface area contributed by atoms with Crippen LogP contribution in [-0.4, -0.2) is 14.7 Å². The topological polar surface area (TPSA) is 60.4 Å². The van der Waals surface area contributed by atoms with Gasteiger partial charge in [-0.3, -0.25) is 4.79 Å². The molecule has 0 amide bonds. The van der Waals surface area contributed by atoms with E-state index in [1.54, 1.807) is 12.1 Å². The summed E-state index contributed by atoms with van der Waals surface area (Å²) in [6.07, 6.45) is 0.489. The Kier molecular flexibility index (Phi) is 4.56. The second kappa shape index (κ2) is 6.05. The largest absolute Gasteiger partial charge is 0.379 e. The lowest BCUT2D eigenvalue weighted by molar-refractivity contribution is 0.112. The first-order valence-corrected chi connectivity index (χ1v) is 7.95. The van der Waals surface area contributed by atoms with Crippen molar-refractivity contribution < 1.29 is 17.4 Å². The van der Waals surface area contributed by atoms with E-state index in [2.05, 4.69) is 0 Å². The number of aryl methyl sites for hydroxylation is 1. The molecule has 0 atom stereocenters. The third kappa shape index (κ3) is 3.56. The molecule has 0 aliphatic heterocycles. The van der Waals surface area contributed by atoms with Crippen molar-refractivity contribution in [1.82, 2.24) is 0 Å². The number of hydrogen-bond donors (Lipinski definition) is 0. The molecule has 0 aliphatic carbocycles. The van der Waals surface area contributed by atoms with Crippen molar-refractivity contribution in [1.29, 1.82) is 0 Å². The molecule has 0 heterocycles. The third-order valence-corrected chi connectivity index (χ3v) is 4.57. The van der Waals surface area contributed by atoms with Gasteiger partial charge in [0.2, 0.25) is 0 Å². The maximum absolute atomic E-state index is 12.1. The van der Waals surface area contributed by atoms with E-state index in [9.17, 15) is 13.2 Å². The van der Waals surface area contributed by atoms with Crippen LogP contribution in [-0.2, 0) is 10.1 Å². The van der Waals surface area contributed by atoms with Crippen molar-refractivity contribution in [2.45, 2.75) is 11.8 Å².